The number of hydrogen-bond donors (Lipinski definition) is 0. The first kappa shape index (κ1) is 22.6. The molecular formula is C20H23NO9. The highest BCUT2D eigenvalue weighted by Crippen LogP contribution is 2.38. The highest BCUT2D eigenvalue weighted by Gasteiger charge is 2.30. The predicted octanol–water partition coefficient (Wildman–Crippen LogP) is 4.30. The molecule has 10 nitrogen and oxygen atoms in total. The van der Waals surface area contributed by atoms with Crippen LogP contribution < -0.4 is 4.74 Å². The maximum Gasteiger partial charge on any atom is 0.515 e. The quantitative estimate of drug-likeness (QED) is 0.367. The van der Waals surface area contributed by atoms with Gasteiger partial charge in [-0.05, 0) is 26.8 Å². The monoisotopic (exact) mass is 421 g/mol. The summed E-state index contributed by atoms with van der Waals surface area (Å²) in [4.78, 5) is 36.7. The number of para-hydroxylation sites is 1. The largest absolute Gasteiger partial charge is 0.515 e. The summed E-state index contributed by atoms with van der Waals surface area (Å²) in [6, 6.07) is 6.64. The molecule has 1 heterocycles. The Bertz CT molecular complexity index is 945. The summed E-state index contributed by atoms with van der Waals surface area (Å²) in [6.45, 7) is 5.06. The van der Waals surface area contributed by atoms with Crippen molar-refractivity contribution < 1.29 is 42.8 Å². The molecule has 0 fully saturated rings. The van der Waals surface area contributed by atoms with E-state index in [4.69, 9.17) is 28.4 Å². The van der Waals surface area contributed by atoms with Gasteiger partial charge in [0.2, 0.25) is 5.88 Å². The second kappa shape index (κ2) is 10.7. The zero-order valence-electron chi connectivity index (χ0n) is 17.1. The van der Waals surface area contributed by atoms with E-state index in [2.05, 4.69) is 0 Å². The average molecular weight is 421 g/mol. The Morgan fingerprint density at radius 2 is 1.57 bits per heavy atom. The number of benzene rings is 1. The lowest BCUT2D eigenvalue weighted by atomic mass is 10.1. The molecule has 1 aromatic carbocycles. The van der Waals surface area contributed by atoms with Gasteiger partial charge in [0.05, 0.1) is 38.0 Å². The van der Waals surface area contributed by atoms with Gasteiger partial charge in [0.15, 0.2) is 5.76 Å². The first-order valence-corrected chi connectivity index (χ1v) is 9.21. The standard InChI is InChI=1S/C20H23NO9/c1-5-26-18(22)21-14-11-9-8-10-13(14)16(17(21)30-20(24)28-7-3)15(12-25-4)29-19(23)27-6-2/h8-12H,5-7H2,1-4H3/b15-12-. The fourth-order valence-electron chi connectivity index (χ4n) is 2.62. The summed E-state index contributed by atoms with van der Waals surface area (Å²) in [5, 5.41) is 0.428. The van der Waals surface area contributed by atoms with E-state index in [0.717, 1.165) is 10.8 Å². The molecular weight excluding hydrogens is 398 g/mol. The summed E-state index contributed by atoms with van der Waals surface area (Å²) >= 11 is 0. The lowest BCUT2D eigenvalue weighted by molar-refractivity contribution is 0.0935. The molecule has 0 bridgehead atoms. The van der Waals surface area contributed by atoms with Crippen molar-refractivity contribution in [1.82, 2.24) is 4.57 Å². The van der Waals surface area contributed by atoms with Crippen LogP contribution in [0.25, 0.3) is 16.7 Å². The molecule has 0 aliphatic carbocycles. The summed E-state index contributed by atoms with van der Waals surface area (Å²) < 4.78 is 31.4. The van der Waals surface area contributed by atoms with Crippen molar-refractivity contribution in [2.75, 3.05) is 26.9 Å². The lowest BCUT2D eigenvalue weighted by Crippen LogP contribution is -2.19. The molecule has 0 aliphatic rings. The topological polar surface area (TPSA) is 112 Å². The van der Waals surface area contributed by atoms with Crippen LogP contribution in [-0.4, -0.2) is 49.9 Å². The normalized spacial score (nSPS) is 11.0. The first-order chi connectivity index (χ1) is 14.5. The maximum absolute atomic E-state index is 12.7. The van der Waals surface area contributed by atoms with Crippen molar-refractivity contribution >= 4 is 35.1 Å². The summed E-state index contributed by atoms with van der Waals surface area (Å²) in [5.74, 6) is -0.407. The van der Waals surface area contributed by atoms with E-state index < -0.39 is 18.4 Å². The number of fused-ring (bicyclic) bond motifs is 1. The zero-order valence-corrected chi connectivity index (χ0v) is 17.1. The average Bonchev–Trinajstić information content (AvgIpc) is 3.01. The number of hydrogen-bond acceptors (Lipinski definition) is 9. The minimum Gasteiger partial charge on any atom is -0.500 e. The van der Waals surface area contributed by atoms with Crippen LogP contribution in [0.15, 0.2) is 30.5 Å². The van der Waals surface area contributed by atoms with Gasteiger partial charge < -0.3 is 28.4 Å². The number of methoxy groups -OCH3 is 1. The number of rotatable bonds is 7. The van der Waals surface area contributed by atoms with Gasteiger partial charge in [-0.15, -0.1) is 0 Å². The third-order valence-electron chi connectivity index (χ3n) is 3.65. The number of ether oxygens (including phenoxy) is 6. The lowest BCUT2D eigenvalue weighted by Gasteiger charge is -2.12. The van der Waals surface area contributed by atoms with Gasteiger partial charge in [-0.3, -0.25) is 0 Å². The third kappa shape index (κ3) is 5.02. The summed E-state index contributed by atoms with van der Waals surface area (Å²) in [5.41, 5.74) is 0.446. The fourth-order valence-corrected chi connectivity index (χ4v) is 2.62. The van der Waals surface area contributed by atoms with Crippen molar-refractivity contribution in [1.29, 1.82) is 0 Å². The molecule has 30 heavy (non-hydrogen) atoms. The van der Waals surface area contributed by atoms with E-state index >= 15 is 0 Å². The third-order valence-corrected chi connectivity index (χ3v) is 3.65. The Hall–Kier alpha value is -3.69. The predicted molar refractivity (Wildman–Crippen MR) is 105 cm³/mol. The van der Waals surface area contributed by atoms with Crippen molar-refractivity contribution in [2.45, 2.75) is 20.8 Å². The SMILES string of the molecule is CCOC(=O)O/C(=C\OC)c1c(OC(=O)OCC)n(C(=O)OCC)c2ccccc12. The molecule has 0 radical (unpaired) electrons. The Balaban J connectivity index is 2.76. The van der Waals surface area contributed by atoms with Crippen LogP contribution in [0.5, 0.6) is 5.88 Å². The molecule has 10 heteroatoms. The first-order valence-electron chi connectivity index (χ1n) is 9.21. The van der Waals surface area contributed by atoms with Crippen LogP contribution in [0.4, 0.5) is 14.4 Å². The van der Waals surface area contributed by atoms with Gasteiger partial charge in [-0.1, -0.05) is 18.2 Å². The van der Waals surface area contributed by atoms with Crippen LogP contribution >= 0.6 is 0 Å². The van der Waals surface area contributed by atoms with Crippen LogP contribution in [0.2, 0.25) is 0 Å². The van der Waals surface area contributed by atoms with Gasteiger partial charge in [0.25, 0.3) is 0 Å². The van der Waals surface area contributed by atoms with E-state index in [0.29, 0.717) is 10.9 Å². The Morgan fingerprint density at radius 3 is 2.20 bits per heavy atom. The van der Waals surface area contributed by atoms with Gasteiger partial charge in [0.1, 0.15) is 6.26 Å². The number of carbonyl (C=O) groups is 3. The Kier molecular flexibility index (Phi) is 8.09. The van der Waals surface area contributed by atoms with E-state index in [9.17, 15) is 14.4 Å². The molecule has 0 spiro atoms. The van der Waals surface area contributed by atoms with Crippen molar-refractivity contribution in [3.8, 4) is 5.88 Å². The van der Waals surface area contributed by atoms with Gasteiger partial charge >= 0.3 is 18.4 Å². The smallest absolute Gasteiger partial charge is 0.500 e. The molecule has 0 amide bonds. The molecule has 0 aliphatic heterocycles. The molecule has 162 valence electrons. The maximum atomic E-state index is 12.7. The van der Waals surface area contributed by atoms with Gasteiger partial charge in [-0.25, -0.2) is 19.0 Å². The summed E-state index contributed by atoms with van der Waals surface area (Å²) in [7, 11) is 1.34. The van der Waals surface area contributed by atoms with Gasteiger partial charge in [0, 0.05) is 5.39 Å². The molecule has 0 saturated carbocycles. The molecule has 0 unspecified atom stereocenters. The Labute approximate surface area is 172 Å². The molecule has 2 rings (SSSR count). The van der Waals surface area contributed by atoms with Crippen LogP contribution in [-0.2, 0) is 23.7 Å². The van der Waals surface area contributed by atoms with Crippen LogP contribution in [0, 0.1) is 0 Å². The van der Waals surface area contributed by atoms with E-state index in [1.807, 2.05) is 0 Å². The summed E-state index contributed by atoms with van der Waals surface area (Å²) in [6.07, 6.45) is -1.74. The highest BCUT2D eigenvalue weighted by atomic mass is 16.7. The number of nitrogens with zero attached hydrogens (tertiary/aromatic N) is 1. The van der Waals surface area contributed by atoms with Crippen LogP contribution in [0.1, 0.15) is 26.3 Å². The zero-order chi connectivity index (χ0) is 22.1. The van der Waals surface area contributed by atoms with Crippen molar-refractivity contribution in [3.05, 3.63) is 36.1 Å². The van der Waals surface area contributed by atoms with Crippen molar-refractivity contribution in [2.24, 2.45) is 0 Å². The second-order valence-corrected chi connectivity index (χ2v) is 5.52. The molecule has 0 N–H and O–H groups in total. The van der Waals surface area contributed by atoms with E-state index in [-0.39, 0.29) is 37.0 Å². The molecule has 0 atom stereocenters. The molecule has 2 aromatic rings. The Morgan fingerprint density at radius 1 is 0.933 bits per heavy atom. The molecule has 1 aromatic heterocycles. The minimum atomic E-state index is -1.06. The molecule has 0 saturated heterocycles. The van der Waals surface area contributed by atoms with E-state index in [1.165, 1.54) is 7.11 Å². The van der Waals surface area contributed by atoms with Gasteiger partial charge in [-0.2, -0.15) is 0 Å². The highest BCUT2D eigenvalue weighted by molar-refractivity contribution is 6.01. The number of aromatic nitrogens is 1. The van der Waals surface area contributed by atoms with E-state index in [1.54, 1.807) is 45.0 Å². The second-order valence-electron chi connectivity index (χ2n) is 5.52. The minimum absolute atomic E-state index is 0.0495. The fraction of sp³-hybridized carbons (Fsp3) is 0.350. The van der Waals surface area contributed by atoms with Crippen molar-refractivity contribution in [3.63, 3.8) is 0 Å². The van der Waals surface area contributed by atoms with Crippen LogP contribution in [0.3, 0.4) is 0 Å². The number of carbonyl (C=O) groups excluding carboxylic acids is 3.